The Morgan fingerprint density at radius 1 is 1.07 bits per heavy atom. The summed E-state index contributed by atoms with van der Waals surface area (Å²) in [6, 6.07) is 16.7. The van der Waals surface area contributed by atoms with Crippen LogP contribution in [0.4, 0.5) is 4.79 Å². The molecule has 6 nitrogen and oxygen atoms in total. The number of halogens is 2. The third kappa shape index (κ3) is 4.35. The van der Waals surface area contributed by atoms with Crippen LogP contribution in [0, 0.1) is 0 Å². The van der Waals surface area contributed by atoms with Gasteiger partial charge in [0.1, 0.15) is 6.61 Å². The van der Waals surface area contributed by atoms with Crippen molar-refractivity contribution in [1.29, 1.82) is 0 Å². The largest absolute Gasteiger partial charge is 0.445 e. The number of fused-ring (bicyclic) bond motifs is 1. The van der Waals surface area contributed by atoms with Crippen molar-refractivity contribution in [3.05, 3.63) is 97.6 Å². The van der Waals surface area contributed by atoms with Gasteiger partial charge < -0.3 is 9.64 Å². The van der Waals surface area contributed by atoms with E-state index in [9.17, 15) is 9.59 Å². The Kier molecular flexibility index (Phi) is 6.06. The summed E-state index contributed by atoms with van der Waals surface area (Å²) >= 11 is 12.5. The van der Waals surface area contributed by atoms with Gasteiger partial charge in [0.2, 0.25) is 5.28 Å². The van der Waals surface area contributed by atoms with Crippen molar-refractivity contribution in [2.24, 2.45) is 0 Å². The van der Waals surface area contributed by atoms with Crippen LogP contribution in [-0.4, -0.2) is 27.1 Å². The van der Waals surface area contributed by atoms with Crippen LogP contribution in [0.15, 0.2) is 59.4 Å². The third-order valence-electron chi connectivity index (χ3n) is 5.02. The predicted molar refractivity (Wildman–Crippen MR) is 115 cm³/mol. The van der Waals surface area contributed by atoms with Crippen molar-refractivity contribution in [2.75, 3.05) is 6.54 Å². The van der Waals surface area contributed by atoms with Gasteiger partial charge in [-0.05, 0) is 28.8 Å². The zero-order chi connectivity index (χ0) is 21.1. The summed E-state index contributed by atoms with van der Waals surface area (Å²) in [5.41, 5.74) is 2.46. The van der Waals surface area contributed by atoms with E-state index in [1.807, 2.05) is 48.5 Å². The highest BCUT2D eigenvalue weighted by Gasteiger charge is 2.27. The van der Waals surface area contributed by atoms with Crippen LogP contribution in [0.5, 0.6) is 0 Å². The number of rotatable bonds is 4. The second-order valence-corrected chi connectivity index (χ2v) is 7.75. The molecule has 3 aromatic rings. The molecule has 0 radical (unpaired) electrons. The van der Waals surface area contributed by atoms with Gasteiger partial charge in [-0.15, -0.1) is 0 Å². The number of carbonyl (C=O) groups excluding carboxylic acids is 1. The van der Waals surface area contributed by atoms with Crippen LogP contribution >= 0.6 is 23.2 Å². The molecule has 8 heteroatoms. The van der Waals surface area contributed by atoms with E-state index in [1.165, 1.54) is 9.47 Å². The first-order valence-electron chi connectivity index (χ1n) is 9.50. The zero-order valence-electron chi connectivity index (χ0n) is 16.1. The fourth-order valence-corrected chi connectivity index (χ4v) is 3.82. The Balaban J connectivity index is 1.53. The highest BCUT2D eigenvalue weighted by Crippen LogP contribution is 2.20. The van der Waals surface area contributed by atoms with E-state index in [-0.39, 0.29) is 30.5 Å². The van der Waals surface area contributed by atoms with Crippen LogP contribution in [0.25, 0.3) is 0 Å². The predicted octanol–water partition coefficient (Wildman–Crippen LogP) is 4.29. The molecule has 2 heterocycles. The van der Waals surface area contributed by atoms with Crippen LogP contribution in [0.1, 0.15) is 22.4 Å². The summed E-state index contributed by atoms with van der Waals surface area (Å²) in [4.78, 5) is 31.5. The number of amides is 1. The Morgan fingerprint density at radius 2 is 1.80 bits per heavy atom. The fourth-order valence-electron chi connectivity index (χ4n) is 3.39. The Bertz CT molecular complexity index is 1130. The molecule has 1 aliphatic heterocycles. The SMILES string of the molecule is O=C(OCc1ccccc1)N1CCc2nc(Cl)n(Cc3ccccc3Cl)c(=O)c2C1. The highest BCUT2D eigenvalue weighted by molar-refractivity contribution is 6.31. The minimum atomic E-state index is -0.462. The van der Waals surface area contributed by atoms with Gasteiger partial charge in [0, 0.05) is 18.0 Å². The third-order valence-corrected chi connectivity index (χ3v) is 5.68. The van der Waals surface area contributed by atoms with Gasteiger partial charge in [0.15, 0.2) is 0 Å². The van der Waals surface area contributed by atoms with Crippen molar-refractivity contribution in [3.8, 4) is 0 Å². The molecule has 0 N–H and O–H groups in total. The summed E-state index contributed by atoms with van der Waals surface area (Å²) < 4.78 is 6.78. The normalized spacial score (nSPS) is 13.1. The van der Waals surface area contributed by atoms with Gasteiger partial charge in [0.25, 0.3) is 5.56 Å². The van der Waals surface area contributed by atoms with Gasteiger partial charge >= 0.3 is 6.09 Å². The number of aromatic nitrogens is 2. The standard InChI is InChI=1S/C22H19Cl2N3O3/c23-18-9-5-4-8-16(18)12-27-20(28)17-13-26(11-10-19(17)25-21(27)24)22(29)30-14-15-6-2-1-3-7-15/h1-9H,10-14H2. The van der Waals surface area contributed by atoms with E-state index in [0.717, 1.165) is 11.1 Å². The van der Waals surface area contributed by atoms with Crippen molar-refractivity contribution >= 4 is 29.3 Å². The maximum atomic E-state index is 13.1. The first kappa shape index (κ1) is 20.4. The first-order chi connectivity index (χ1) is 14.5. The Labute approximate surface area is 183 Å². The van der Waals surface area contributed by atoms with Crippen LogP contribution in [0.3, 0.4) is 0 Å². The molecular formula is C22H19Cl2N3O3. The molecular weight excluding hydrogens is 425 g/mol. The topological polar surface area (TPSA) is 64.4 Å². The summed E-state index contributed by atoms with van der Waals surface area (Å²) in [7, 11) is 0. The molecule has 0 spiro atoms. The molecule has 0 bridgehead atoms. The zero-order valence-corrected chi connectivity index (χ0v) is 17.6. The van der Waals surface area contributed by atoms with Gasteiger partial charge in [-0.25, -0.2) is 9.78 Å². The van der Waals surface area contributed by atoms with E-state index >= 15 is 0 Å². The maximum absolute atomic E-state index is 13.1. The minimum absolute atomic E-state index is 0.110. The molecule has 0 saturated heterocycles. The summed E-state index contributed by atoms with van der Waals surface area (Å²) in [5.74, 6) is 0. The Morgan fingerprint density at radius 3 is 2.57 bits per heavy atom. The average molecular weight is 444 g/mol. The number of ether oxygens (including phenoxy) is 1. The number of benzene rings is 2. The second kappa shape index (κ2) is 8.90. The number of carbonyl (C=O) groups is 1. The highest BCUT2D eigenvalue weighted by atomic mass is 35.5. The molecule has 2 aromatic carbocycles. The molecule has 1 aromatic heterocycles. The molecule has 1 amide bonds. The van der Waals surface area contributed by atoms with Gasteiger partial charge in [-0.2, -0.15) is 0 Å². The van der Waals surface area contributed by atoms with E-state index < -0.39 is 6.09 Å². The second-order valence-electron chi connectivity index (χ2n) is 7.00. The van der Waals surface area contributed by atoms with Crippen LogP contribution in [-0.2, 0) is 30.9 Å². The van der Waals surface area contributed by atoms with E-state index in [0.29, 0.717) is 29.2 Å². The minimum Gasteiger partial charge on any atom is -0.445 e. The molecule has 30 heavy (non-hydrogen) atoms. The molecule has 0 atom stereocenters. The molecule has 0 saturated carbocycles. The van der Waals surface area contributed by atoms with E-state index in [4.69, 9.17) is 27.9 Å². The van der Waals surface area contributed by atoms with Crippen LogP contribution in [0.2, 0.25) is 10.3 Å². The number of nitrogens with zero attached hydrogens (tertiary/aromatic N) is 3. The van der Waals surface area contributed by atoms with E-state index in [2.05, 4.69) is 4.98 Å². The lowest BCUT2D eigenvalue weighted by atomic mass is 10.1. The lowest BCUT2D eigenvalue weighted by Crippen LogP contribution is -2.41. The molecule has 154 valence electrons. The van der Waals surface area contributed by atoms with Gasteiger partial charge in [0.05, 0.1) is 24.3 Å². The summed E-state index contributed by atoms with van der Waals surface area (Å²) in [5, 5.41) is 0.656. The lowest BCUT2D eigenvalue weighted by Gasteiger charge is -2.27. The lowest BCUT2D eigenvalue weighted by molar-refractivity contribution is 0.0913. The van der Waals surface area contributed by atoms with Crippen molar-refractivity contribution < 1.29 is 9.53 Å². The monoisotopic (exact) mass is 443 g/mol. The summed E-state index contributed by atoms with van der Waals surface area (Å²) in [6.07, 6.45) is -0.0194. The quantitative estimate of drug-likeness (QED) is 0.564. The molecule has 0 unspecified atom stereocenters. The van der Waals surface area contributed by atoms with Gasteiger partial charge in [-0.3, -0.25) is 9.36 Å². The Hall–Kier alpha value is -2.83. The molecule has 0 fully saturated rings. The number of hydrogen-bond acceptors (Lipinski definition) is 4. The fraction of sp³-hybridized carbons (Fsp3) is 0.227. The van der Waals surface area contributed by atoms with Crippen LogP contribution < -0.4 is 5.56 Å². The average Bonchev–Trinajstić information content (AvgIpc) is 2.76. The van der Waals surface area contributed by atoms with Gasteiger partial charge in [-0.1, -0.05) is 60.1 Å². The summed E-state index contributed by atoms with van der Waals surface area (Å²) in [6.45, 7) is 0.932. The molecule has 4 rings (SSSR count). The molecule has 0 aliphatic carbocycles. The van der Waals surface area contributed by atoms with Crippen molar-refractivity contribution in [2.45, 2.75) is 26.1 Å². The molecule has 1 aliphatic rings. The van der Waals surface area contributed by atoms with Crippen molar-refractivity contribution in [3.63, 3.8) is 0 Å². The smallest absolute Gasteiger partial charge is 0.410 e. The van der Waals surface area contributed by atoms with E-state index in [1.54, 1.807) is 6.07 Å². The number of hydrogen-bond donors (Lipinski definition) is 0. The first-order valence-corrected chi connectivity index (χ1v) is 10.3. The van der Waals surface area contributed by atoms with Crippen molar-refractivity contribution in [1.82, 2.24) is 14.5 Å². The maximum Gasteiger partial charge on any atom is 0.410 e.